The van der Waals surface area contributed by atoms with Crippen molar-refractivity contribution in [1.82, 2.24) is 25.0 Å². The van der Waals surface area contributed by atoms with Gasteiger partial charge in [0.15, 0.2) is 5.96 Å². The van der Waals surface area contributed by atoms with Gasteiger partial charge in [-0.1, -0.05) is 11.6 Å². The first-order valence-electron chi connectivity index (χ1n) is 11.4. The summed E-state index contributed by atoms with van der Waals surface area (Å²) in [4.78, 5) is 59.0. The number of pyridine rings is 1. The van der Waals surface area contributed by atoms with E-state index in [9.17, 15) is 24.3 Å². The Bertz CT molecular complexity index is 1010. The molecular formula is C22H31Cl2N7O5. The molecule has 1 saturated carbocycles. The number of nitrogens with zero attached hydrogens (tertiary/aromatic N) is 4. The third kappa shape index (κ3) is 7.69. The van der Waals surface area contributed by atoms with Crippen LogP contribution in [0.4, 0.5) is 0 Å². The average Bonchev–Trinajstić information content (AvgIpc) is 3.66. The molecule has 2 atom stereocenters. The molecule has 3 rings (SSSR count). The van der Waals surface area contributed by atoms with E-state index in [1.54, 1.807) is 11.9 Å². The van der Waals surface area contributed by atoms with E-state index < -0.39 is 36.3 Å². The number of halogens is 2. The molecule has 5 N–H and O–H groups in total. The summed E-state index contributed by atoms with van der Waals surface area (Å²) in [6.45, 7) is 0.497. The summed E-state index contributed by atoms with van der Waals surface area (Å²) in [6, 6.07) is 1.08. The van der Waals surface area contributed by atoms with Crippen molar-refractivity contribution in [3.63, 3.8) is 0 Å². The zero-order valence-corrected chi connectivity index (χ0v) is 21.4. The molecule has 0 unspecified atom stereocenters. The second kappa shape index (κ2) is 12.7. The predicted molar refractivity (Wildman–Crippen MR) is 134 cm³/mol. The van der Waals surface area contributed by atoms with Gasteiger partial charge in [-0.2, -0.15) is 0 Å². The van der Waals surface area contributed by atoms with Gasteiger partial charge in [0, 0.05) is 43.4 Å². The van der Waals surface area contributed by atoms with Gasteiger partial charge < -0.3 is 30.9 Å². The quantitative estimate of drug-likeness (QED) is 0.258. The van der Waals surface area contributed by atoms with E-state index in [0.29, 0.717) is 32.4 Å². The topological polar surface area (TPSA) is 173 Å². The lowest BCUT2D eigenvalue weighted by Crippen LogP contribution is -2.55. The van der Waals surface area contributed by atoms with Crippen molar-refractivity contribution in [3.05, 3.63) is 29.0 Å². The third-order valence-electron chi connectivity index (χ3n) is 6.19. The van der Waals surface area contributed by atoms with Crippen LogP contribution in [0.15, 0.2) is 18.3 Å². The maximum absolute atomic E-state index is 13.3. The minimum Gasteiger partial charge on any atom is -0.480 e. The Labute approximate surface area is 220 Å². The van der Waals surface area contributed by atoms with Gasteiger partial charge in [-0.25, -0.2) is 0 Å². The molecule has 2 heterocycles. The van der Waals surface area contributed by atoms with E-state index in [1.807, 2.05) is 0 Å². The predicted octanol–water partition coefficient (Wildman–Crippen LogP) is 0.537. The SMILES string of the molecule is CN(C(=O)C[C@H](NC(=O)c1cc(Cl)ccn1)C(=O)N(CC(=O)O)C1CC1)[C@H]1CCCN(C(=N)N)C1.Cl. The lowest BCUT2D eigenvalue weighted by atomic mass is 10.0. The Kier molecular flexibility index (Phi) is 10.3. The van der Waals surface area contributed by atoms with Gasteiger partial charge in [-0.15, -0.1) is 12.4 Å². The molecule has 0 aromatic carbocycles. The molecule has 2 fully saturated rings. The number of likely N-dealkylation sites (N-methyl/N-ethyl adjacent to an activating group) is 1. The average molecular weight is 544 g/mol. The van der Waals surface area contributed by atoms with Gasteiger partial charge in [0.05, 0.1) is 6.42 Å². The number of carboxylic acid groups (broad SMARTS) is 1. The minimum absolute atomic E-state index is 0. The van der Waals surface area contributed by atoms with Crippen LogP contribution in [-0.2, 0) is 14.4 Å². The molecule has 0 radical (unpaired) electrons. The molecule has 2 aliphatic rings. The van der Waals surface area contributed by atoms with Crippen LogP contribution in [0, 0.1) is 5.41 Å². The van der Waals surface area contributed by atoms with Crippen molar-refractivity contribution in [2.24, 2.45) is 5.73 Å². The molecule has 14 heteroatoms. The minimum atomic E-state index is -1.29. The molecule has 36 heavy (non-hydrogen) atoms. The lowest BCUT2D eigenvalue weighted by molar-refractivity contribution is -0.146. The van der Waals surface area contributed by atoms with Crippen LogP contribution in [-0.4, -0.2) is 99.2 Å². The zero-order valence-electron chi connectivity index (χ0n) is 19.9. The summed E-state index contributed by atoms with van der Waals surface area (Å²) in [7, 11) is 1.61. The van der Waals surface area contributed by atoms with Gasteiger partial charge in [0.2, 0.25) is 11.8 Å². The van der Waals surface area contributed by atoms with Crippen LogP contribution in [0.3, 0.4) is 0 Å². The molecule has 0 spiro atoms. The fraction of sp³-hybridized carbons (Fsp3) is 0.545. The second-order valence-electron chi connectivity index (χ2n) is 8.81. The summed E-state index contributed by atoms with van der Waals surface area (Å²) in [6.07, 6.45) is 3.75. The van der Waals surface area contributed by atoms with Crippen LogP contribution in [0.2, 0.25) is 5.02 Å². The van der Waals surface area contributed by atoms with Crippen LogP contribution in [0.1, 0.15) is 42.6 Å². The summed E-state index contributed by atoms with van der Waals surface area (Å²) in [5.74, 6) is -2.99. The number of piperidine rings is 1. The zero-order chi connectivity index (χ0) is 25.7. The molecule has 12 nitrogen and oxygen atoms in total. The van der Waals surface area contributed by atoms with E-state index >= 15 is 0 Å². The van der Waals surface area contributed by atoms with Gasteiger partial charge >= 0.3 is 5.97 Å². The maximum atomic E-state index is 13.3. The molecule has 0 bridgehead atoms. The number of carbonyl (C=O) groups excluding carboxylic acids is 3. The summed E-state index contributed by atoms with van der Waals surface area (Å²) >= 11 is 5.94. The Morgan fingerprint density at radius 1 is 1.31 bits per heavy atom. The van der Waals surface area contributed by atoms with Crippen molar-refractivity contribution in [1.29, 1.82) is 5.41 Å². The van der Waals surface area contributed by atoms with E-state index in [4.69, 9.17) is 22.7 Å². The van der Waals surface area contributed by atoms with E-state index in [2.05, 4.69) is 10.3 Å². The number of nitrogens with one attached hydrogen (secondary N) is 2. The van der Waals surface area contributed by atoms with E-state index in [1.165, 1.54) is 28.1 Å². The number of hydrogen-bond acceptors (Lipinski definition) is 6. The van der Waals surface area contributed by atoms with E-state index in [0.717, 1.165) is 6.42 Å². The number of hydrogen-bond donors (Lipinski definition) is 4. The lowest BCUT2D eigenvalue weighted by Gasteiger charge is -2.38. The molecule has 1 saturated heterocycles. The van der Waals surface area contributed by atoms with Gasteiger partial charge in [-0.05, 0) is 37.8 Å². The van der Waals surface area contributed by atoms with Crippen molar-refractivity contribution in [3.8, 4) is 0 Å². The molecule has 1 aromatic rings. The number of carboxylic acids is 1. The number of carbonyl (C=O) groups is 4. The molecule has 1 aliphatic heterocycles. The number of aliphatic carboxylic acids is 1. The number of rotatable bonds is 9. The van der Waals surface area contributed by atoms with Crippen molar-refractivity contribution in [2.45, 2.75) is 50.2 Å². The summed E-state index contributed by atoms with van der Waals surface area (Å²) in [5, 5.41) is 19.8. The van der Waals surface area contributed by atoms with Crippen molar-refractivity contribution < 1.29 is 24.3 Å². The maximum Gasteiger partial charge on any atom is 0.323 e. The van der Waals surface area contributed by atoms with E-state index in [-0.39, 0.29) is 47.6 Å². The highest BCUT2D eigenvalue weighted by molar-refractivity contribution is 6.30. The standard InChI is InChI=1S/C22H30ClN7O5.ClH/c1-28(15-3-2-8-29(11-15)22(24)25)18(31)10-17(21(35)30(12-19(32)33)14-4-5-14)27-20(34)16-9-13(23)6-7-26-16;/h6-7,9,14-15,17H,2-5,8,10-12H2,1H3,(H3,24,25)(H,27,34)(H,32,33);1H/t15-,17-;/m0./s1. The number of aromatic nitrogens is 1. The first-order chi connectivity index (χ1) is 16.6. The number of guanidine groups is 1. The highest BCUT2D eigenvalue weighted by Gasteiger charge is 2.39. The Morgan fingerprint density at radius 2 is 2.00 bits per heavy atom. The highest BCUT2D eigenvalue weighted by atomic mass is 35.5. The number of amides is 3. The van der Waals surface area contributed by atoms with Gasteiger partial charge in [0.1, 0.15) is 18.3 Å². The van der Waals surface area contributed by atoms with Crippen LogP contribution in [0.25, 0.3) is 0 Å². The first kappa shape index (κ1) is 29.1. The number of likely N-dealkylation sites (tertiary alicyclic amines) is 1. The molecule has 1 aliphatic carbocycles. The fourth-order valence-electron chi connectivity index (χ4n) is 4.09. The molecule has 198 valence electrons. The molecular weight excluding hydrogens is 513 g/mol. The van der Waals surface area contributed by atoms with Gasteiger partial charge in [0.25, 0.3) is 5.91 Å². The fourth-order valence-corrected chi connectivity index (χ4v) is 4.25. The summed E-state index contributed by atoms with van der Waals surface area (Å²) in [5.41, 5.74) is 5.57. The normalized spacial score (nSPS) is 17.8. The Morgan fingerprint density at radius 3 is 2.58 bits per heavy atom. The largest absolute Gasteiger partial charge is 0.480 e. The second-order valence-corrected chi connectivity index (χ2v) is 9.25. The van der Waals surface area contributed by atoms with Crippen LogP contribution in [0.5, 0.6) is 0 Å². The number of nitrogens with two attached hydrogens (primary N) is 1. The van der Waals surface area contributed by atoms with Gasteiger partial charge in [-0.3, -0.25) is 29.6 Å². The Hall–Kier alpha value is -3.12. The third-order valence-corrected chi connectivity index (χ3v) is 6.43. The molecule has 3 amide bonds. The van der Waals surface area contributed by atoms with Crippen molar-refractivity contribution >= 4 is 53.7 Å². The Balaban J connectivity index is 0.00000456. The van der Waals surface area contributed by atoms with Crippen LogP contribution >= 0.6 is 24.0 Å². The summed E-state index contributed by atoms with van der Waals surface area (Å²) < 4.78 is 0. The van der Waals surface area contributed by atoms with Crippen molar-refractivity contribution in [2.75, 3.05) is 26.7 Å². The van der Waals surface area contributed by atoms with Crippen LogP contribution < -0.4 is 11.1 Å². The first-order valence-corrected chi connectivity index (χ1v) is 11.7. The molecule has 1 aromatic heterocycles. The monoisotopic (exact) mass is 543 g/mol. The highest BCUT2D eigenvalue weighted by Crippen LogP contribution is 2.28. The smallest absolute Gasteiger partial charge is 0.323 e.